The Bertz CT molecular complexity index is 503. The fourth-order valence-electron chi connectivity index (χ4n) is 1.89. The molecule has 2 aromatic rings. The first-order chi connectivity index (χ1) is 7.77. The van der Waals surface area contributed by atoms with E-state index in [9.17, 15) is 8.76 Å². The second-order valence-electron chi connectivity index (χ2n) is 3.75. The number of hydrogen-bond donors (Lipinski definition) is 0. The Kier molecular flexibility index (Phi) is 3.70. The number of rotatable bonds is 4. The first-order valence-electron chi connectivity index (χ1n) is 5.30. The quantitative estimate of drug-likeness (QED) is 0.762. The molecule has 2 nitrogen and oxygen atoms in total. The maximum absolute atomic E-state index is 10.5. The van der Waals surface area contributed by atoms with Gasteiger partial charge in [-0.3, -0.25) is 4.21 Å². The Hall–Kier alpha value is -1.19. The van der Waals surface area contributed by atoms with E-state index in [0.29, 0.717) is 6.42 Å². The van der Waals surface area contributed by atoms with Crippen molar-refractivity contribution in [3.8, 4) is 0 Å². The topological polar surface area (TPSA) is 40.1 Å². The third-order valence-electron chi connectivity index (χ3n) is 2.64. The molecule has 1 unspecified atom stereocenters. The standard InChI is InChI=1S/C13H14O2S/c14-16(15)10-4-8-12-7-3-6-11-5-1-2-9-13(11)12/h1-3,5-7,9H,4,8,10H2,(H,14,15)/p-1. The highest BCUT2D eigenvalue weighted by Gasteiger charge is 1.99. The van der Waals surface area contributed by atoms with Crippen molar-refractivity contribution >= 4 is 21.9 Å². The lowest BCUT2D eigenvalue weighted by molar-refractivity contribution is 0.535. The van der Waals surface area contributed by atoms with Crippen LogP contribution in [-0.2, 0) is 17.5 Å². The molecule has 0 N–H and O–H groups in total. The fourth-order valence-corrected chi connectivity index (χ4v) is 2.27. The van der Waals surface area contributed by atoms with Gasteiger partial charge in [-0.1, -0.05) is 53.5 Å². The molecule has 0 aromatic heterocycles. The second kappa shape index (κ2) is 5.23. The van der Waals surface area contributed by atoms with Gasteiger partial charge in [0.2, 0.25) is 0 Å². The van der Waals surface area contributed by atoms with Gasteiger partial charge >= 0.3 is 0 Å². The fraction of sp³-hybridized carbons (Fsp3) is 0.231. The molecule has 3 heteroatoms. The second-order valence-corrected chi connectivity index (χ2v) is 4.77. The van der Waals surface area contributed by atoms with Gasteiger partial charge in [-0.05, 0) is 29.2 Å². The zero-order chi connectivity index (χ0) is 11.4. The summed E-state index contributed by atoms with van der Waals surface area (Å²) in [7, 11) is 0. The normalized spacial score (nSPS) is 12.8. The van der Waals surface area contributed by atoms with E-state index in [-0.39, 0.29) is 5.75 Å². The molecule has 0 radical (unpaired) electrons. The van der Waals surface area contributed by atoms with E-state index in [1.807, 2.05) is 18.2 Å². The van der Waals surface area contributed by atoms with Gasteiger partial charge in [0.25, 0.3) is 0 Å². The van der Waals surface area contributed by atoms with Gasteiger partial charge < -0.3 is 4.55 Å². The minimum atomic E-state index is -1.92. The summed E-state index contributed by atoms with van der Waals surface area (Å²) in [5.74, 6) is 0.239. The van der Waals surface area contributed by atoms with Gasteiger partial charge in [0.15, 0.2) is 0 Å². The van der Waals surface area contributed by atoms with E-state index in [0.717, 1.165) is 6.42 Å². The van der Waals surface area contributed by atoms with Crippen LogP contribution >= 0.6 is 0 Å². The summed E-state index contributed by atoms with van der Waals surface area (Å²) in [4.78, 5) is 0. The molecule has 0 amide bonds. The Morgan fingerprint density at radius 2 is 1.81 bits per heavy atom. The summed E-state index contributed by atoms with van der Waals surface area (Å²) in [6.07, 6.45) is 1.50. The molecule has 0 aliphatic rings. The van der Waals surface area contributed by atoms with Crippen LogP contribution < -0.4 is 0 Å². The van der Waals surface area contributed by atoms with Gasteiger partial charge in [0.05, 0.1) is 0 Å². The highest BCUT2D eigenvalue weighted by Crippen LogP contribution is 2.19. The molecule has 84 valence electrons. The van der Waals surface area contributed by atoms with E-state index in [1.54, 1.807) is 0 Å². The van der Waals surface area contributed by atoms with Crippen LogP contribution in [0.15, 0.2) is 42.5 Å². The molecule has 0 heterocycles. The lowest BCUT2D eigenvalue weighted by Gasteiger charge is -2.07. The van der Waals surface area contributed by atoms with E-state index in [2.05, 4.69) is 24.3 Å². The maximum Gasteiger partial charge on any atom is 0.0105 e. The zero-order valence-corrected chi connectivity index (χ0v) is 9.70. The molecule has 0 bridgehead atoms. The summed E-state index contributed by atoms with van der Waals surface area (Å²) in [5, 5.41) is 2.44. The molecule has 0 spiro atoms. The number of hydrogen-bond acceptors (Lipinski definition) is 2. The zero-order valence-electron chi connectivity index (χ0n) is 8.89. The van der Waals surface area contributed by atoms with Gasteiger partial charge in [-0.15, -0.1) is 0 Å². The Morgan fingerprint density at radius 1 is 1.06 bits per heavy atom. The molecule has 0 saturated carbocycles. The SMILES string of the molecule is O=S([O-])CCCc1cccc2ccccc12. The summed E-state index contributed by atoms with van der Waals surface area (Å²) in [5.41, 5.74) is 1.23. The van der Waals surface area contributed by atoms with Crippen molar-refractivity contribution in [2.45, 2.75) is 12.8 Å². The first-order valence-corrected chi connectivity index (χ1v) is 6.54. The van der Waals surface area contributed by atoms with Gasteiger partial charge in [-0.2, -0.15) is 0 Å². The number of fused-ring (bicyclic) bond motifs is 1. The molecule has 16 heavy (non-hydrogen) atoms. The predicted octanol–water partition coefficient (Wildman–Crippen LogP) is 2.65. The molecule has 2 aromatic carbocycles. The van der Waals surface area contributed by atoms with Crippen LogP contribution in [0.2, 0.25) is 0 Å². The first kappa shape index (κ1) is 11.3. The minimum Gasteiger partial charge on any atom is -0.772 e. The summed E-state index contributed by atoms with van der Waals surface area (Å²) >= 11 is -1.92. The molecule has 1 atom stereocenters. The maximum atomic E-state index is 10.5. The lowest BCUT2D eigenvalue weighted by atomic mass is 10.0. The average molecular weight is 233 g/mol. The van der Waals surface area contributed by atoms with Crippen molar-refractivity contribution in [2.75, 3.05) is 5.75 Å². The van der Waals surface area contributed by atoms with Crippen molar-refractivity contribution in [2.24, 2.45) is 0 Å². The Balaban J connectivity index is 2.20. The van der Waals surface area contributed by atoms with Gasteiger partial charge in [0, 0.05) is 5.75 Å². The highest BCUT2D eigenvalue weighted by molar-refractivity contribution is 7.79. The summed E-state index contributed by atoms with van der Waals surface area (Å²) < 4.78 is 20.9. The monoisotopic (exact) mass is 233 g/mol. The van der Waals surface area contributed by atoms with Gasteiger partial charge in [-0.25, -0.2) is 0 Å². The van der Waals surface area contributed by atoms with E-state index in [4.69, 9.17) is 0 Å². The van der Waals surface area contributed by atoms with Crippen LogP contribution in [0.4, 0.5) is 0 Å². The van der Waals surface area contributed by atoms with E-state index in [1.165, 1.54) is 16.3 Å². The number of benzene rings is 2. The van der Waals surface area contributed by atoms with Gasteiger partial charge in [0.1, 0.15) is 0 Å². The molecule has 0 aliphatic carbocycles. The average Bonchev–Trinajstić information content (AvgIpc) is 2.29. The Morgan fingerprint density at radius 3 is 2.62 bits per heavy atom. The molecule has 2 rings (SSSR count). The molecule has 0 saturated heterocycles. The van der Waals surface area contributed by atoms with Crippen LogP contribution in [0.25, 0.3) is 10.8 Å². The minimum absolute atomic E-state index is 0.239. The number of aryl methyl sites for hydroxylation is 1. The summed E-state index contributed by atoms with van der Waals surface area (Å²) in [6, 6.07) is 14.3. The van der Waals surface area contributed by atoms with Crippen molar-refractivity contribution in [1.29, 1.82) is 0 Å². The van der Waals surface area contributed by atoms with Crippen molar-refractivity contribution in [1.82, 2.24) is 0 Å². The van der Waals surface area contributed by atoms with Crippen LogP contribution in [0.1, 0.15) is 12.0 Å². The smallest absolute Gasteiger partial charge is 0.0105 e. The van der Waals surface area contributed by atoms with E-state index < -0.39 is 11.1 Å². The molecular weight excluding hydrogens is 220 g/mol. The van der Waals surface area contributed by atoms with Crippen LogP contribution in [0.5, 0.6) is 0 Å². The Labute approximate surface area is 97.6 Å². The molecular formula is C13H13O2S-. The largest absolute Gasteiger partial charge is 0.772 e. The third kappa shape index (κ3) is 2.68. The van der Waals surface area contributed by atoms with Crippen LogP contribution in [-0.4, -0.2) is 14.5 Å². The van der Waals surface area contributed by atoms with Crippen LogP contribution in [0.3, 0.4) is 0 Å². The van der Waals surface area contributed by atoms with E-state index >= 15 is 0 Å². The highest BCUT2D eigenvalue weighted by atomic mass is 32.2. The van der Waals surface area contributed by atoms with Crippen molar-refractivity contribution < 1.29 is 8.76 Å². The predicted molar refractivity (Wildman–Crippen MR) is 66.1 cm³/mol. The van der Waals surface area contributed by atoms with Crippen LogP contribution in [0, 0.1) is 0 Å². The van der Waals surface area contributed by atoms with Crippen molar-refractivity contribution in [3.05, 3.63) is 48.0 Å². The summed E-state index contributed by atoms with van der Waals surface area (Å²) in [6.45, 7) is 0. The third-order valence-corrected chi connectivity index (χ3v) is 3.26. The van der Waals surface area contributed by atoms with Crippen molar-refractivity contribution in [3.63, 3.8) is 0 Å². The molecule has 0 aliphatic heterocycles. The lowest BCUT2D eigenvalue weighted by Crippen LogP contribution is -1.97. The molecule has 0 fully saturated rings.